The predicted octanol–water partition coefficient (Wildman–Crippen LogP) is 4.60. The van der Waals surface area contributed by atoms with Gasteiger partial charge >= 0.3 is 0 Å². The normalized spacial score (nSPS) is 15.2. The van der Waals surface area contributed by atoms with E-state index in [1.807, 2.05) is 12.1 Å². The zero-order valence-corrected chi connectivity index (χ0v) is 18.8. The summed E-state index contributed by atoms with van der Waals surface area (Å²) >= 11 is 1.39. The van der Waals surface area contributed by atoms with E-state index in [2.05, 4.69) is 40.2 Å². The second-order valence-corrected chi connectivity index (χ2v) is 9.00. The van der Waals surface area contributed by atoms with Crippen LogP contribution in [0.4, 0.5) is 9.52 Å². The van der Waals surface area contributed by atoms with Gasteiger partial charge in [0.15, 0.2) is 6.23 Å². The first-order chi connectivity index (χ1) is 15.6. The number of anilines is 1. The number of unbranched alkanes of at least 4 members (excludes halogenated alkanes) is 1. The Morgan fingerprint density at radius 1 is 1.22 bits per heavy atom. The van der Waals surface area contributed by atoms with Crippen molar-refractivity contribution >= 4 is 16.5 Å². The number of aliphatic hydroxyl groups is 1. The first-order valence-corrected chi connectivity index (χ1v) is 11.6. The number of nitriles is 1. The lowest BCUT2D eigenvalue weighted by Gasteiger charge is -2.35. The molecule has 1 aliphatic rings. The van der Waals surface area contributed by atoms with Crippen molar-refractivity contribution in [3.05, 3.63) is 65.5 Å². The van der Waals surface area contributed by atoms with Gasteiger partial charge in [-0.15, -0.1) is 10.2 Å². The van der Waals surface area contributed by atoms with Gasteiger partial charge in [0.25, 0.3) is 0 Å². The first-order valence-electron chi connectivity index (χ1n) is 10.8. The van der Waals surface area contributed by atoms with Gasteiger partial charge in [-0.3, -0.25) is 4.90 Å². The van der Waals surface area contributed by atoms with Gasteiger partial charge in [-0.1, -0.05) is 67.1 Å². The second-order valence-electron chi connectivity index (χ2n) is 8.05. The maximum absolute atomic E-state index is 14.3. The van der Waals surface area contributed by atoms with Crippen LogP contribution in [-0.4, -0.2) is 39.8 Å². The number of rotatable bonds is 9. The minimum Gasteiger partial charge on any atom is -0.369 e. The second kappa shape index (κ2) is 10.2. The molecule has 0 amide bonds. The van der Waals surface area contributed by atoms with Crippen molar-refractivity contribution in [1.82, 2.24) is 15.1 Å². The largest absolute Gasteiger partial charge is 0.369 e. The molecule has 8 heteroatoms. The van der Waals surface area contributed by atoms with E-state index >= 15 is 0 Å². The smallest absolute Gasteiger partial charge is 0.210 e. The van der Waals surface area contributed by atoms with Crippen LogP contribution >= 0.6 is 11.3 Å². The van der Waals surface area contributed by atoms with Crippen molar-refractivity contribution in [2.75, 3.05) is 24.5 Å². The van der Waals surface area contributed by atoms with Crippen LogP contribution < -0.4 is 4.90 Å². The summed E-state index contributed by atoms with van der Waals surface area (Å²) < 4.78 is 14.3. The molecule has 4 rings (SSSR count). The lowest BCUT2D eigenvalue weighted by molar-refractivity contribution is 0.127. The molecule has 1 atom stereocenters. The molecule has 2 heterocycles. The molecule has 1 saturated heterocycles. The molecular weight excluding hydrogens is 425 g/mol. The van der Waals surface area contributed by atoms with Crippen LogP contribution in [0.5, 0.6) is 0 Å². The van der Waals surface area contributed by atoms with Crippen LogP contribution in [-0.2, 0) is 6.54 Å². The highest BCUT2D eigenvalue weighted by Crippen LogP contribution is 2.34. The molecule has 1 aromatic heterocycles. The van der Waals surface area contributed by atoms with Crippen molar-refractivity contribution in [2.45, 2.75) is 32.5 Å². The molecule has 1 aliphatic heterocycles. The molecule has 0 saturated carbocycles. The predicted molar refractivity (Wildman–Crippen MR) is 123 cm³/mol. The summed E-state index contributed by atoms with van der Waals surface area (Å²) in [5.74, 6) is -0.283. The van der Waals surface area contributed by atoms with Crippen LogP contribution in [0.15, 0.2) is 48.5 Å². The SMILES string of the molecule is CCCCN(c1nnc(-c2ccc(CN3CC(C#N)C3)cc2)s1)C(O)c1ccccc1F. The van der Waals surface area contributed by atoms with Crippen LogP contribution in [0.2, 0.25) is 0 Å². The summed E-state index contributed by atoms with van der Waals surface area (Å²) in [7, 11) is 0. The third-order valence-electron chi connectivity index (χ3n) is 5.64. The summed E-state index contributed by atoms with van der Waals surface area (Å²) in [6.07, 6.45) is 0.664. The number of aliphatic hydroxyl groups excluding tert-OH is 1. The standard InChI is InChI=1S/C24H26FN5OS/c1-2-3-12-30(23(31)20-6-4-5-7-21(20)25)24-28-27-22(32-24)19-10-8-17(9-11-19)14-29-15-18(13-26)16-29/h4-11,18,23,31H,2-3,12,14-16H2,1H3. The molecule has 0 radical (unpaired) electrons. The third-order valence-corrected chi connectivity index (χ3v) is 6.65. The van der Waals surface area contributed by atoms with Gasteiger partial charge in [-0.25, -0.2) is 4.39 Å². The summed E-state index contributed by atoms with van der Waals surface area (Å²) in [4.78, 5) is 3.97. The molecule has 0 spiro atoms. The average Bonchev–Trinajstić information content (AvgIpc) is 3.26. The Bertz CT molecular complexity index is 1070. The van der Waals surface area contributed by atoms with Crippen molar-refractivity contribution < 1.29 is 9.50 Å². The number of benzene rings is 2. The summed E-state index contributed by atoms with van der Waals surface area (Å²) in [6, 6.07) is 16.7. The summed E-state index contributed by atoms with van der Waals surface area (Å²) in [5.41, 5.74) is 2.37. The Hall–Kier alpha value is -2.86. The quantitative estimate of drug-likeness (QED) is 0.479. The zero-order valence-electron chi connectivity index (χ0n) is 18.0. The van der Waals surface area contributed by atoms with E-state index in [0.29, 0.717) is 11.7 Å². The van der Waals surface area contributed by atoms with E-state index in [4.69, 9.17) is 5.26 Å². The topological polar surface area (TPSA) is 76.3 Å². The van der Waals surface area contributed by atoms with Crippen molar-refractivity contribution in [2.24, 2.45) is 5.92 Å². The molecule has 166 valence electrons. The maximum atomic E-state index is 14.3. The number of nitrogens with zero attached hydrogens (tertiary/aromatic N) is 5. The van der Waals surface area contributed by atoms with E-state index in [1.54, 1.807) is 23.1 Å². The molecule has 2 aromatic carbocycles. The minimum atomic E-state index is -1.13. The molecule has 1 unspecified atom stereocenters. The summed E-state index contributed by atoms with van der Waals surface area (Å²) in [6.45, 7) is 5.12. The molecule has 1 N–H and O–H groups in total. The Morgan fingerprint density at radius 2 is 1.97 bits per heavy atom. The zero-order chi connectivity index (χ0) is 22.5. The van der Waals surface area contributed by atoms with Gasteiger partial charge < -0.3 is 10.0 Å². The molecule has 0 bridgehead atoms. The van der Waals surface area contributed by atoms with E-state index in [9.17, 15) is 9.50 Å². The highest BCUT2D eigenvalue weighted by molar-refractivity contribution is 7.18. The highest BCUT2D eigenvalue weighted by atomic mass is 32.1. The highest BCUT2D eigenvalue weighted by Gasteiger charge is 2.26. The molecule has 1 fully saturated rings. The number of hydrogen-bond donors (Lipinski definition) is 1. The average molecular weight is 452 g/mol. The van der Waals surface area contributed by atoms with Crippen molar-refractivity contribution in [3.63, 3.8) is 0 Å². The maximum Gasteiger partial charge on any atom is 0.210 e. The number of likely N-dealkylation sites (tertiary alicyclic amines) is 1. The third kappa shape index (κ3) is 4.96. The Morgan fingerprint density at radius 3 is 2.66 bits per heavy atom. The van der Waals surface area contributed by atoms with Gasteiger partial charge in [0, 0.05) is 37.3 Å². The molecular formula is C24H26FN5OS. The number of halogens is 1. The minimum absolute atomic E-state index is 0.157. The molecule has 0 aliphatic carbocycles. The fraction of sp³-hybridized carbons (Fsp3) is 0.375. The Balaban J connectivity index is 1.49. The Kier molecular flexibility index (Phi) is 7.10. The monoisotopic (exact) mass is 451 g/mol. The van der Waals surface area contributed by atoms with E-state index in [-0.39, 0.29) is 11.5 Å². The van der Waals surface area contributed by atoms with Crippen LogP contribution in [0.3, 0.4) is 0 Å². The first kappa shape index (κ1) is 22.3. The summed E-state index contributed by atoms with van der Waals surface area (Å²) in [5, 5.41) is 29.8. The van der Waals surface area contributed by atoms with Gasteiger partial charge in [0.05, 0.1) is 12.0 Å². The fourth-order valence-electron chi connectivity index (χ4n) is 3.74. The van der Waals surface area contributed by atoms with Gasteiger partial charge in [-0.2, -0.15) is 5.26 Å². The van der Waals surface area contributed by atoms with E-state index < -0.39 is 12.0 Å². The molecule has 3 aromatic rings. The van der Waals surface area contributed by atoms with Crippen LogP contribution in [0.25, 0.3) is 10.6 Å². The van der Waals surface area contributed by atoms with E-state index in [1.165, 1.54) is 23.0 Å². The van der Waals surface area contributed by atoms with Crippen LogP contribution in [0.1, 0.15) is 37.1 Å². The molecule has 32 heavy (non-hydrogen) atoms. The van der Waals surface area contributed by atoms with Crippen molar-refractivity contribution in [1.29, 1.82) is 5.26 Å². The van der Waals surface area contributed by atoms with Gasteiger partial charge in [-0.05, 0) is 18.1 Å². The van der Waals surface area contributed by atoms with Crippen LogP contribution in [0, 0.1) is 23.1 Å². The van der Waals surface area contributed by atoms with Gasteiger partial charge in [0.2, 0.25) is 5.13 Å². The lowest BCUT2D eigenvalue weighted by atomic mass is 10.0. The van der Waals surface area contributed by atoms with Crippen molar-refractivity contribution in [3.8, 4) is 16.6 Å². The number of aromatic nitrogens is 2. The van der Waals surface area contributed by atoms with E-state index in [0.717, 1.165) is 43.0 Å². The lowest BCUT2D eigenvalue weighted by Crippen LogP contribution is -2.45. The Labute approximate surface area is 191 Å². The number of hydrogen-bond acceptors (Lipinski definition) is 7. The molecule has 6 nitrogen and oxygen atoms in total. The van der Waals surface area contributed by atoms with Gasteiger partial charge in [0.1, 0.15) is 10.8 Å². The fourth-order valence-corrected chi connectivity index (χ4v) is 4.64.